The van der Waals surface area contributed by atoms with Gasteiger partial charge in [0.15, 0.2) is 0 Å². The number of nitrogens with zero attached hydrogens (tertiary/aromatic N) is 1. The summed E-state index contributed by atoms with van der Waals surface area (Å²) in [5.74, 6) is 0.158. The average Bonchev–Trinajstić information content (AvgIpc) is 2.27. The van der Waals surface area contributed by atoms with E-state index in [0.717, 1.165) is 25.7 Å². The summed E-state index contributed by atoms with van der Waals surface area (Å²) in [6.45, 7) is 6.17. The van der Waals surface area contributed by atoms with E-state index in [1.165, 1.54) is 0 Å². The minimum Gasteiger partial charge on any atom is -0.212 e. The molecule has 0 N–H and O–H groups in total. The zero-order valence-corrected chi connectivity index (χ0v) is 12.8. The molecule has 17 heavy (non-hydrogen) atoms. The van der Waals surface area contributed by atoms with Gasteiger partial charge in [0.25, 0.3) is 0 Å². The molecule has 1 atom stereocenters. The van der Waals surface area contributed by atoms with Crippen molar-refractivity contribution in [1.82, 2.24) is 4.31 Å². The second-order valence-electron chi connectivity index (χ2n) is 5.92. The Morgan fingerprint density at radius 1 is 1.35 bits per heavy atom. The summed E-state index contributed by atoms with van der Waals surface area (Å²) in [6.07, 6.45) is 4.09. The van der Waals surface area contributed by atoms with Crippen molar-refractivity contribution in [3.8, 4) is 0 Å². The predicted octanol–water partition coefficient (Wildman–Crippen LogP) is 2.84. The normalized spacial score (nSPS) is 23.9. The summed E-state index contributed by atoms with van der Waals surface area (Å²) >= 11 is 5.66. The zero-order valence-electron chi connectivity index (χ0n) is 11.2. The molecule has 0 aromatic rings. The number of sulfonamides is 1. The van der Waals surface area contributed by atoms with E-state index in [1.54, 1.807) is 18.3 Å². The summed E-state index contributed by atoms with van der Waals surface area (Å²) in [7, 11) is -1.53. The van der Waals surface area contributed by atoms with E-state index < -0.39 is 15.3 Å². The van der Waals surface area contributed by atoms with Gasteiger partial charge in [0.1, 0.15) is 0 Å². The largest absolute Gasteiger partial charge is 0.217 e. The van der Waals surface area contributed by atoms with Crippen LogP contribution in [0, 0.1) is 5.41 Å². The van der Waals surface area contributed by atoms with Gasteiger partial charge < -0.3 is 0 Å². The highest BCUT2D eigenvalue weighted by Gasteiger charge is 2.35. The molecule has 1 unspecified atom stereocenters. The highest BCUT2D eigenvalue weighted by Crippen LogP contribution is 2.37. The van der Waals surface area contributed by atoms with Crippen molar-refractivity contribution < 1.29 is 8.42 Å². The Labute approximate surface area is 111 Å². The first-order valence-corrected chi connectivity index (χ1v) is 8.27. The molecular weight excluding hydrogens is 258 g/mol. The summed E-state index contributed by atoms with van der Waals surface area (Å²) in [5, 5.41) is -0.496. The van der Waals surface area contributed by atoms with Crippen LogP contribution in [0.15, 0.2) is 0 Å². The fraction of sp³-hybridized carbons (Fsp3) is 1.00. The van der Waals surface area contributed by atoms with Crippen LogP contribution in [-0.4, -0.2) is 36.9 Å². The molecule has 1 rings (SSSR count). The number of rotatable bonds is 4. The van der Waals surface area contributed by atoms with Crippen molar-refractivity contribution in [2.45, 2.75) is 57.7 Å². The maximum atomic E-state index is 12.2. The van der Waals surface area contributed by atoms with Crippen LogP contribution >= 0.6 is 11.6 Å². The van der Waals surface area contributed by atoms with Crippen LogP contribution in [0.2, 0.25) is 0 Å². The Kier molecular flexibility index (Phi) is 4.89. The van der Waals surface area contributed by atoms with Crippen molar-refractivity contribution in [2.24, 2.45) is 5.41 Å². The molecular formula is C12H24ClNO2S. The molecule has 0 heterocycles. The third kappa shape index (κ3) is 3.58. The van der Waals surface area contributed by atoms with E-state index in [1.807, 2.05) is 0 Å². The summed E-state index contributed by atoms with van der Waals surface area (Å²) in [4.78, 5) is 0. The number of hydrogen-bond donors (Lipinski definition) is 0. The average molecular weight is 282 g/mol. The van der Waals surface area contributed by atoms with Gasteiger partial charge in [0, 0.05) is 19.0 Å². The third-order valence-corrected chi connectivity index (χ3v) is 6.88. The molecule has 0 spiro atoms. The van der Waals surface area contributed by atoms with Gasteiger partial charge in [-0.25, -0.2) is 12.7 Å². The van der Waals surface area contributed by atoms with Crippen LogP contribution in [0.5, 0.6) is 0 Å². The quantitative estimate of drug-likeness (QED) is 0.743. The highest BCUT2D eigenvalue weighted by atomic mass is 35.5. The SMILES string of the molecule is CC(CCl)S(=O)(=O)N(C)C1CCC(C)(C)CC1. The fourth-order valence-corrected chi connectivity index (χ4v) is 4.15. The van der Waals surface area contributed by atoms with E-state index in [-0.39, 0.29) is 11.9 Å². The van der Waals surface area contributed by atoms with Crippen LogP contribution in [0.4, 0.5) is 0 Å². The van der Waals surface area contributed by atoms with Crippen LogP contribution < -0.4 is 0 Å². The molecule has 0 aliphatic heterocycles. The first kappa shape index (κ1) is 15.3. The van der Waals surface area contributed by atoms with E-state index in [2.05, 4.69) is 13.8 Å². The fourth-order valence-electron chi connectivity index (χ4n) is 2.32. The lowest BCUT2D eigenvalue weighted by molar-refractivity contribution is 0.173. The van der Waals surface area contributed by atoms with E-state index in [9.17, 15) is 8.42 Å². The van der Waals surface area contributed by atoms with Crippen molar-refractivity contribution in [3.63, 3.8) is 0 Å². The van der Waals surface area contributed by atoms with Gasteiger partial charge in [-0.2, -0.15) is 0 Å². The number of halogens is 1. The van der Waals surface area contributed by atoms with Crippen LogP contribution in [-0.2, 0) is 10.0 Å². The third-order valence-electron chi connectivity index (χ3n) is 3.95. The van der Waals surface area contributed by atoms with Gasteiger partial charge in [0.05, 0.1) is 5.25 Å². The lowest BCUT2D eigenvalue weighted by atomic mass is 9.76. The molecule has 0 radical (unpaired) electrons. The molecule has 102 valence electrons. The van der Waals surface area contributed by atoms with Crippen molar-refractivity contribution >= 4 is 21.6 Å². The second-order valence-corrected chi connectivity index (χ2v) is 8.64. The van der Waals surface area contributed by atoms with Gasteiger partial charge in [-0.1, -0.05) is 13.8 Å². The monoisotopic (exact) mass is 281 g/mol. The first-order valence-electron chi connectivity index (χ1n) is 6.23. The first-order chi connectivity index (χ1) is 7.70. The summed E-state index contributed by atoms with van der Waals surface area (Å²) < 4.78 is 25.9. The second kappa shape index (κ2) is 5.45. The van der Waals surface area contributed by atoms with Gasteiger partial charge in [-0.05, 0) is 38.0 Å². The zero-order chi connectivity index (χ0) is 13.3. The smallest absolute Gasteiger partial charge is 0.212 e. The lowest BCUT2D eigenvalue weighted by Gasteiger charge is -2.38. The van der Waals surface area contributed by atoms with Gasteiger partial charge >= 0.3 is 0 Å². The standard InChI is InChI=1S/C12H24ClNO2S/c1-10(9-13)17(15,16)14(4)11-5-7-12(2,3)8-6-11/h10-11H,5-9H2,1-4H3. The molecule has 0 aromatic carbocycles. The van der Waals surface area contributed by atoms with E-state index in [0.29, 0.717) is 5.41 Å². The molecule has 1 saturated carbocycles. The molecule has 1 aliphatic rings. The van der Waals surface area contributed by atoms with Gasteiger partial charge in [-0.15, -0.1) is 11.6 Å². The minimum atomic E-state index is -3.22. The highest BCUT2D eigenvalue weighted by molar-refractivity contribution is 7.89. The molecule has 5 heteroatoms. The Bertz CT molecular complexity index is 344. The van der Waals surface area contributed by atoms with Gasteiger partial charge in [-0.3, -0.25) is 0 Å². The summed E-state index contributed by atoms with van der Waals surface area (Å²) in [5.41, 5.74) is 0.360. The topological polar surface area (TPSA) is 37.4 Å². The minimum absolute atomic E-state index is 0.152. The molecule has 0 aromatic heterocycles. The summed E-state index contributed by atoms with van der Waals surface area (Å²) in [6, 6.07) is 0.152. The molecule has 3 nitrogen and oxygen atoms in total. The van der Waals surface area contributed by atoms with Crippen molar-refractivity contribution in [2.75, 3.05) is 12.9 Å². The predicted molar refractivity (Wildman–Crippen MR) is 72.9 cm³/mol. The Hall–Kier alpha value is 0.200. The maximum Gasteiger partial charge on any atom is 0.217 e. The number of hydrogen-bond acceptors (Lipinski definition) is 2. The Balaban J connectivity index is 2.69. The lowest BCUT2D eigenvalue weighted by Crippen LogP contribution is -2.44. The Morgan fingerprint density at radius 2 is 1.82 bits per heavy atom. The molecule has 0 saturated heterocycles. The maximum absolute atomic E-state index is 12.2. The molecule has 0 amide bonds. The number of alkyl halides is 1. The molecule has 0 bridgehead atoms. The van der Waals surface area contributed by atoms with Crippen molar-refractivity contribution in [3.05, 3.63) is 0 Å². The van der Waals surface area contributed by atoms with Crippen LogP contribution in [0.1, 0.15) is 46.5 Å². The van der Waals surface area contributed by atoms with Crippen LogP contribution in [0.3, 0.4) is 0 Å². The van der Waals surface area contributed by atoms with E-state index in [4.69, 9.17) is 11.6 Å². The Morgan fingerprint density at radius 3 is 2.24 bits per heavy atom. The molecule has 1 aliphatic carbocycles. The van der Waals surface area contributed by atoms with E-state index >= 15 is 0 Å². The molecule has 1 fully saturated rings. The van der Waals surface area contributed by atoms with Crippen LogP contribution in [0.25, 0.3) is 0 Å². The van der Waals surface area contributed by atoms with Gasteiger partial charge in [0.2, 0.25) is 10.0 Å². The van der Waals surface area contributed by atoms with Crippen molar-refractivity contribution in [1.29, 1.82) is 0 Å².